The third kappa shape index (κ3) is 5.33. The van der Waals surface area contributed by atoms with Gasteiger partial charge in [-0.05, 0) is 48.0 Å². The molecule has 1 amide bonds. The number of carbonyl (C=O) groups excluding carboxylic acids is 1. The highest BCUT2D eigenvalue weighted by Crippen LogP contribution is 2.22. The van der Waals surface area contributed by atoms with E-state index in [2.05, 4.69) is 5.32 Å². The van der Waals surface area contributed by atoms with Gasteiger partial charge in [-0.25, -0.2) is 0 Å². The van der Waals surface area contributed by atoms with Crippen molar-refractivity contribution in [3.8, 4) is 5.75 Å². The Morgan fingerprint density at radius 2 is 1.70 bits per heavy atom. The predicted octanol–water partition coefficient (Wildman–Crippen LogP) is 5.32. The molecule has 4 nitrogen and oxygen atoms in total. The molecule has 5 heteroatoms. The van der Waals surface area contributed by atoms with E-state index in [9.17, 15) is 4.79 Å². The van der Waals surface area contributed by atoms with Gasteiger partial charge in [-0.1, -0.05) is 41.9 Å². The molecule has 27 heavy (non-hydrogen) atoms. The fraction of sp³-hybridized carbons (Fsp3) is 0.136. The molecule has 0 radical (unpaired) electrons. The van der Waals surface area contributed by atoms with Gasteiger partial charge in [-0.3, -0.25) is 4.79 Å². The van der Waals surface area contributed by atoms with E-state index in [1.807, 2.05) is 30.3 Å². The Labute approximate surface area is 163 Å². The molecule has 0 bridgehead atoms. The van der Waals surface area contributed by atoms with Crippen molar-refractivity contribution in [1.29, 1.82) is 0 Å². The molecule has 138 valence electrons. The maximum Gasteiger partial charge on any atom is 0.255 e. The second-order valence-electron chi connectivity index (χ2n) is 5.97. The number of nitrogens with one attached hydrogen (secondary N) is 1. The fourth-order valence-corrected chi connectivity index (χ4v) is 2.75. The van der Waals surface area contributed by atoms with Crippen LogP contribution in [0.15, 0.2) is 72.8 Å². The van der Waals surface area contributed by atoms with E-state index in [0.29, 0.717) is 35.2 Å². The summed E-state index contributed by atoms with van der Waals surface area (Å²) in [6, 6.07) is 22.2. The third-order valence-corrected chi connectivity index (χ3v) is 4.27. The zero-order chi connectivity index (χ0) is 19.1. The van der Waals surface area contributed by atoms with Crippen molar-refractivity contribution in [1.82, 2.24) is 0 Å². The van der Waals surface area contributed by atoms with Gasteiger partial charge >= 0.3 is 0 Å². The Morgan fingerprint density at radius 1 is 0.963 bits per heavy atom. The van der Waals surface area contributed by atoms with E-state index < -0.39 is 0 Å². The van der Waals surface area contributed by atoms with E-state index in [0.717, 1.165) is 11.1 Å². The number of halogens is 1. The van der Waals surface area contributed by atoms with Crippen molar-refractivity contribution in [2.45, 2.75) is 13.2 Å². The molecule has 0 fully saturated rings. The van der Waals surface area contributed by atoms with Crippen LogP contribution < -0.4 is 10.1 Å². The van der Waals surface area contributed by atoms with Gasteiger partial charge in [-0.2, -0.15) is 0 Å². The maximum absolute atomic E-state index is 12.5. The van der Waals surface area contributed by atoms with Crippen LogP contribution in [-0.2, 0) is 18.0 Å². The van der Waals surface area contributed by atoms with Crippen LogP contribution in [-0.4, -0.2) is 13.0 Å². The van der Waals surface area contributed by atoms with Gasteiger partial charge in [0.15, 0.2) is 0 Å². The maximum atomic E-state index is 12.5. The number of anilines is 1. The Kier molecular flexibility index (Phi) is 6.47. The minimum absolute atomic E-state index is 0.204. The van der Waals surface area contributed by atoms with Crippen molar-refractivity contribution in [3.63, 3.8) is 0 Å². The van der Waals surface area contributed by atoms with E-state index in [4.69, 9.17) is 21.1 Å². The number of hydrogen-bond acceptors (Lipinski definition) is 3. The highest BCUT2D eigenvalue weighted by Gasteiger charge is 2.11. The van der Waals surface area contributed by atoms with Crippen molar-refractivity contribution in [2.75, 3.05) is 12.4 Å². The van der Waals surface area contributed by atoms with E-state index in [1.165, 1.54) is 0 Å². The minimum atomic E-state index is -0.204. The standard InChI is InChI=1S/C22H20ClNO3/c1-26-21-12-7-17(22(25)24-20-10-8-19(23)9-11-20)13-18(21)15-27-14-16-5-3-2-4-6-16/h2-13H,14-15H2,1H3,(H,24,25). The molecule has 0 saturated carbocycles. The average Bonchev–Trinajstić information content (AvgIpc) is 2.70. The fourth-order valence-electron chi connectivity index (χ4n) is 2.62. The Balaban J connectivity index is 1.68. The first-order valence-corrected chi connectivity index (χ1v) is 8.89. The summed E-state index contributed by atoms with van der Waals surface area (Å²) in [5.41, 5.74) is 3.12. The number of ether oxygens (including phenoxy) is 2. The van der Waals surface area contributed by atoms with Crippen molar-refractivity contribution in [2.24, 2.45) is 0 Å². The summed E-state index contributed by atoms with van der Waals surface area (Å²) in [4.78, 5) is 12.5. The summed E-state index contributed by atoms with van der Waals surface area (Å²) >= 11 is 5.87. The van der Waals surface area contributed by atoms with E-state index >= 15 is 0 Å². The Bertz CT molecular complexity index is 895. The summed E-state index contributed by atoms with van der Waals surface area (Å²) in [6.07, 6.45) is 0. The number of hydrogen-bond donors (Lipinski definition) is 1. The van der Waals surface area contributed by atoms with E-state index in [-0.39, 0.29) is 5.91 Å². The lowest BCUT2D eigenvalue weighted by Gasteiger charge is -2.12. The first-order chi connectivity index (χ1) is 13.2. The number of benzene rings is 3. The summed E-state index contributed by atoms with van der Waals surface area (Å²) in [5, 5.41) is 3.47. The van der Waals surface area contributed by atoms with Crippen LogP contribution in [0.1, 0.15) is 21.5 Å². The van der Waals surface area contributed by atoms with Gasteiger partial charge in [-0.15, -0.1) is 0 Å². The highest BCUT2D eigenvalue weighted by atomic mass is 35.5. The molecule has 0 aliphatic carbocycles. The molecule has 1 N–H and O–H groups in total. The molecule has 0 aliphatic heterocycles. The van der Waals surface area contributed by atoms with Gasteiger partial charge in [0.05, 0.1) is 20.3 Å². The van der Waals surface area contributed by atoms with Crippen molar-refractivity contribution >= 4 is 23.2 Å². The lowest BCUT2D eigenvalue weighted by Crippen LogP contribution is -2.12. The summed E-state index contributed by atoms with van der Waals surface area (Å²) < 4.78 is 11.2. The first-order valence-electron chi connectivity index (χ1n) is 8.51. The predicted molar refractivity (Wildman–Crippen MR) is 107 cm³/mol. The Hall–Kier alpha value is -2.82. The number of methoxy groups -OCH3 is 1. The molecule has 3 aromatic rings. The molecule has 0 aromatic heterocycles. The zero-order valence-corrected chi connectivity index (χ0v) is 15.7. The summed E-state index contributed by atoms with van der Waals surface area (Å²) in [6.45, 7) is 0.839. The van der Waals surface area contributed by atoms with Crippen LogP contribution in [0.5, 0.6) is 5.75 Å². The topological polar surface area (TPSA) is 47.6 Å². The van der Waals surface area contributed by atoms with Crippen LogP contribution in [0.25, 0.3) is 0 Å². The van der Waals surface area contributed by atoms with Crippen molar-refractivity contribution < 1.29 is 14.3 Å². The molecule has 0 unspecified atom stereocenters. The smallest absolute Gasteiger partial charge is 0.255 e. The number of carbonyl (C=O) groups is 1. The molecule has 3 aromatic carbocycles. The summed E-state index contributed by atoms with van der Waals surface area (Å²) in [7, 11) is 1.60. The molecule has 0 spiro atoms. The van der Waals surface area contributed by atoms with Crippen LogP contribution in [0.4, 0.5) is 5.69 Å². The highest BCUT2D eigenvalue weighted by molar-refractivity contribution is 6.30. The molecule has 0 aliphatic rings. The van der Waals surface area contributed by atoms with E-state index in [1.54, 1.807) is 49.6 Å². The van der Waals surface area contributed by atoms with Crippen LogP contribution in [0.2, 0.25) is 5.02 Å². The normalized spacial score (nSPS) is 10.4. The van der Waals surface area contributed by atoms with Gasteiger partial charge in [0.1, 0.15) is 5.75 Å². The monoisotopic (exact) mass is 381 g/mol. The van der Waals surface area contributed by atoms with Gasteiger partial charge in [0, 0.05) is 21.8 Å². The largest absolute Gasteiger partial charge is 0.496 e. The first kappa shape index (κ1) is 19.0. The van der Waals surface area contributed by atoms with Crippen molar-refractivity contribution in [3.05, 3.63) is 94.5 Å². The molecule has 3 rings (SSSR count). The van der Waals surface area contributed by atoms with Crippen LogP contribution >= 0.6 is 11.6 Å². The van der Waals surface area contributed by atoms with Gasteiger partial charge in [0.2, 0.25) is 0 Å². The minimum Gasteiger partial charge on any atom is -0.496 e. The molecule has 0 heterocycles. The third-order valence-electron chi connectivity index (χ3n) is 4.01. The molecular formula is C22H20ClNO3. The Morgan fingerprint density at radius 3 is 2.41 bits per heavy atom. The van der Waals surface area contributed by atoms with Gasteiger partial charge in [0.25, 0.3) is 5.91 Å². The second kappa shape index (κ2) is 9.21. The molecule has 0 saturated heterocycles. The number of amides is 1. The molecular weight excluding hydrogens is 362 g/mol. The number of rotatable bonds is 7. The summed E-state index contributed by atoms with van der Waals surface area (Å²) in [5.74, 6) is 0.482. The SMILES string of the molecule is COc1ccc(C(=O)Nc2ccc(Cl)cc2)cc1COCc1ccccc1. The molecule has 0 atom stereocenters. The lowest BCUT2D eigenvalue weighted by atomic mass is 10.1. The quantitative estimate of drug-likeness (QED) is 0.602. The van der Waals surface area contributed by atoms with Crippen LogP contribution in [0, 0.1) is 0 Å². The second-order valence-corrected chi connectivity index (χ2v) is 6.40. The van der Waals surface area contributed by atoms with Crippen LogP contribution in [0.3, 0.4) is 0 Å². The average molecular weight is 382 g/mol. The van der Waals surface area contributed by atoms with Gasteiger partial charge < -0.3 is 14.8 Å². The lowest BCUT2D eigenvalue weighted by molar-refractivity contribution is 0.102. The zero-order valence-electron chi connectivity index (χ0n) is 14.9.